The zero-order valence-electron chi connectivity index (χ0n) is 14.7. The number of hydrogen-bond donors (Lipinski definition) is 1. The minimum Gasteiger partial charge on any atom is -0.510 e. The summed E-state index contributed by atoms with van der Waals surface area (Å²) in [6.07, 6.45) is 6.42. The van der Waals surface area contributed by atoms with Crippen LogP contribution < -0.4 is 0 Å². The van der Waals surface area contributed by atoms with E-state index in [0.29, 0.717) is 11.9 Å². The molecule has 0 aromatic carbocycles. The fourth-order valence-corrected chi connectivity index (χ4v) is 4.25. The third-order valence-corrected chi connectivity index (χ3v) is 5.77. The summed E-state index contributed by atoms with van der Waals surface area (Å²) < 4.78 is 4.09. The van der Waals surface area contributed by atoms with Gasteiger partial charge in [0.25, 0.3) is 0 Å². The lowest BCUT2D eigenvalue weighted by Gasteiger charge is -2.09. The Morgan fingerprint density at radius 2 is 2.08 bits per heavy atom. The number of rotatable bonds is 5. The number of fused-ring (bicyclic) bond motifs is 1. The van der Waals surface area contributed by atoms with Crippen molar-refractivity contribution in [3.05, 3.63) is 23.2 Å². The van der Waals surface area contributed by atoms with Gasteiger partial charge in [0.15, 0.2) is 11.0 Å². The Labute approximate surface area is 155 Å². The summed E-state index contributed by atoms with van der Waals surface area (Å²) in [5.74, 6) is 2.54. The van der Waals surface area contributed by atoms with Crippen LogP contribution in [0.15, 0.2) is 10.9 Å². The molecule has 0 spiro atoms. The normalized spacial score (nSPS) is 18.0. The van der Waals surface area contributed by atoms with E-state index >= 15 is 0 Å². The molecule has 0 radical (unpaired) electrons. The largest absolute Gasteiger partial charge is 0.510 e. The predicted molar refractivity (Wildman–Crippen MR) is 96.5 cm³/mol. The molecule has 0 saturated heterocycles. The van der Waals surface area contributed by atoms with E-state index in [-0.39, 0.29) is 17.1 Å². The average molecular weight is 371 g/mol. The molecule has 3 heterocycles. The smallest absolute Gasteiger partial charge is 0.191 e. The van der Waals surface area contributed by atoms with Gasteiger partial charge in [-0.1, -0.05) is 18.2 Å². The van der Waals surface area contributed by atoms with Crippen LogP contribution in [0.2, 0.25) is 0 Å². The van der Waals surface area contributed by atoms with Gasteiger partial charge in [0.05, 0.1) is 5.75 Å². The maximum Gasteiger partial charge on any atom is 0.191 e. The Balaban J connectivity index is 1.57. The summed E-state index contributed by atoms with van der Waals surface area (Å²) in [6.45, 7) is 2.73. The topological polar surface area (TPSA) is 105 Å². The van der Waals surface area contributed by atoms with Gasteiger partial charge in [0, 0.05) is 19.0 Å². The third-order valence-electron chi connectivity index (χ3n) is 4.82. The highest BCUT2D eigenvalue weighted by molar-refractivity contribution is 7.99. The summed E-state index contributed by atoms with van der Waals surface area (Å²) in [7, 11) is 0. The molecule has 1 saturated carbocycles. The predicted octanol–water partition coefficient (Wildman–Crippen LogP) is 2.82. The van der Waals surface area contributed by atoms with Gasteiger partial charge in [-0.2, -0.15) is 5.26 Å². The van der Waals surface area contributed by atoms with Gasteiger partial charge in [0.1, 0.15) is 29.1 Å². The average Bonchev–Trinajstić information content (AvgIpc) is 3.36. The van der Waals surface area contributed by atoms with Crippen molar-refractivity contribution < 1.29 is 5.11 Å². The molecular weight excluding hydrogens is 350 g/mol. The zero-order chi connectivity index (χ0) is 18.1. The molecule has 0 atom stereocenters. The number of nitriles is 1. The molecule has 8 nitrogen and oxygen atoms in total. The molecule has 1 aliphatic heterocycles. The molecule has 1 aliphatic carbocycles. The number of nitrogens with zero attached hydrogens (tertiary/aromatic N) is 7. The molecule has 0 bridgehead atoms. The van der Waals surface area contributed by atoms with E-state index in [4.69, 9.17) is 0 Å². The molecule has 4 rings (SSSR count). The van der Waals surface area contributed by atoms with Crippen molar-refractivity contribution in [2.24, 2.45) is 0 Å². The molecule has 9 heteroatoms. The van der Waals surface area contributed by atoms with Crippen LogP contribution in [-0.4, -0.2) is 40.4 Å². The lowest BCUT2D eigenvalue weighted by Crippen LogP contribution is -2.07. The minimum atomic E-state index is 0.0138. The number of hydrogen-bond acceptors (Lipinski definition) is 7. The number of aryl methyl sites for hydroxylation is 2. The Kier molecular flexibility index (Phi) is 4.68. The van der Waals surface area contributed by atoms with Gasteiger partial charge in [-0.15, -0.1) is 20.4 Å². The van der Waals surface area contributed by atoms with Gasteiger partial charge in [-0.25, -0.2) is 0 Å². The van der Waals surface area contributed by atoms with E-state index in [1.807, 2.05) is 11.5 Å². The second kappa shape index (κ2) is 7.11. The molecule has 0 unspecified atom stereocenters. The fraction of sp³-hybridized carbons (Fsp3) is 0.588. The van der Waals surface area contributed by atoms with Crippen LogP contribution in [0.3, 0.4) is 0 Å². The van der Waals surface area contributed by atoms with Crippen molar-refractivity contribution in [3.8, 4) is 6.07 Å². The quantitative estimate of drug-likeness (QED) is 0.489. The van der Waals surface area contributed by atoms with E-state index < -0.39 is 0 Å². The van der Waals surface area contributed by atoms with Crippen LogP contribution in [0.1, 0.15) is 55.6 Å². The first-order valence-corrected chi connectivity index (χ1v) is 9.96. The molecule has 136 valence electrons. The first-order chi connectivity index (χ1) is 12.7. The molecule has 2 aromatic rings. The van der Waals surface area contributed by atoms with E-state index in [1.54, 1.807) is 0 Å². The summed E-state index contributed by atoms with van der Waals surface area (Å²) in [6, 6.07) is 2.59. The highest BCUT2D eigenvalue weighted by Gasteiger charge is 2.28. The number of thioether (sulfide) groups is 1. The monoisotopic (exact) mass is 371 g/mol. The highest BCUT2D eigenvalue weighted by atomic mass is 32.2. The highest BCUT2D eigenvalue weighted by Crippen LogP contribution is 2.38. The van der Waals surface area contributed by atoms with Crippen LogP contribution in [-0.2, 0) is 13.0 Å². The van der Waals surface area contributed by atoms with Gasteiger partial charge >= 0.3 is 0 Å². The third kappa shape index (κ3) is 3.21. The second-order valence-corrected chi connectivity index (χ2v) is 7.70. The van der Waals surface area contributed by atoms with Crippen molar-refractivity contribution in [2.75, 3.05) is 5.75 Å². The lowest BCUT2D eigenvalue weighted by atomic mass is 10.2. The van der Waals surface area contributed by atoms with E-state index in [2.05, 4.69) is 31.0 Å². The first kappa shape index (κ1) is 17.1. The van der Waals surface area contributed by atoms with Crippen molar-refractivity contribution in [1.82, 2.24) is 29.5 Å². The van der Waals surface area contributed by atoms with E-state index in [1.165, 1.54) is 11.8 Å². The fourth-order valence-electron chi connectivity index (χ4n) is 3.32. The van der Waals surface area contributed by atoms with E-state index in [0.717, 1.165) is 61.9 Å². The van der Waals surface area contributed by atoms with Gasteiger partial charge in [-0.05, 0) is 32.6 Å². The molecular formula is C17H21N7OS. The number of aliphatic hydroxyl groups excluding tert-OH is 1. The first-order valence-electron chi connectivity index (χ1n) is 8.98. The molecule has 26 heavy (non-hydrogen) atoms. The summed E-state index contributed by atoms with van der Waals surface area (Å²) >= 11 is 1.40. The van der Waals surface area contributed by atoms with Crippen LogP contribution >= 0.6 is 11.8 Å². The minimum absolute atomic E-state index is 0.0138. The standard InChI is InChI=1S/C17H21N7OS/c1-11-19-22-17(24(11)12-6-7-12)26-10-14(25)13(9-18)16-21-20-15-5-3-2-4-8-23(15)16/h12,25H,2-8,10H2,1H3/b14-13-. The molecule has 1 fully saturated rings. The van der Waals surface area contributed by atoms with Crippen molar-refractivity contribution in [1.29, 1.82) is 5.26 Å². The molecule has 2 aliphatic rings. The van der Waals surface area contributed by atoms with Crippen LogP contribution in [0.4, 0.5) is 0 Å². The maximum atomic E-state index is 10.6. The zero-order valence-corrected chi connectivity index (χ0v) is 15.5. The number of aliphatic hydroxyl groups is 1. The van der Waals surface area contributed by atoms with Crippen molar-refractivity contribution >= 4 is 17.3 Å². The SMILES string of the molecule is Cc1nnc(SC/C(O)=C(\C#N)c2nnc3n2CCCCC3)n1C1CC1. The second-order valence-electron chi connectivity index (χ2n) is 6.76. The summed E-state index contributed by atoms with van der Waals surface area (Å²) in [4.78, 5) is 0. The van der Waals surface area contributed by atoms with Crippen LogP contribution in [0, 0.1) is 18.3 Å². The number of allylic oxidation sites excluding steroid dienone is 1. The summed E-state index contributed by atoms with van der Waals surface area (Å²) in [5, 5.41) is 37.7. The Morgan fingerprint density at radius 1 is 1.23 bits per heavy atom. The van der Waals surface area contributed by atoms with Crippen molar-refractivity contribution in [2.45, 2.75) is 63.2 Å². The Morgan fingerprint density at radius 3 is 2.85 bits per heavy atom. The number of aromatic nitrogens is 6. The van der Waals surface area contributed by atoms with Crippen LogP contribution in [0.25, 0.3) is 5.57 Å². The molecule has 1 N–H and O–H groups in total. The summed E-state index contributed by atoms with van der Waals surface area (Å²) in [5.41, 5.74) is 0.201. The van der Waals surface area contributed by atoms with Gasteiger partial charge in [-0.3, -0.25) is 0 Å². The van der Waals surface area contributed by atoms with E-state index in [9.17, 15) is 10.4 Å². The molecule has 2 aromatic heterocycles. The van der Waals surface area contributed by atoms with Gasteiger partial charge < -0.3 is 14.2 Å². The van der Waals surface area contributed by atoms with Crippen molar-refractivity contribution in [3.63, 3.8) is 0 Å². The van der Waals surface area contributed by atoms with Crippen LogP contribution in [0.5, 0.6) is 0 Å². The Bertz CT molecular complexity index is 888. The molecule has 0 amide bonds. The van der Waals surface area contributed by atoms with Gasteiger partial charge in [0.2, 0.25) is 0 Å². The maximum absolute atomic E-state index is 10.6. The Hall–Kier alpha value is -2.34. The lowest BCUT2D eigenvalue weighted by molar-refractivity contribution is 0.419.